The first-order valence-corrected chi connectivity index (χ1v) is 7.26. The molecular formula is C15H25N3O2. The molecule has 0 aliphatic carbocycles. The Morgan fingerprint density at radius 2 is 1.90 bits per heavy atom. The zero-order valence-corrected chi connectivity index (χ0v) is 13.4. The molecule has 1 amide bonds. The largest absolute Gasteiger partial charge is 0.337 e. The molecule has 0 spiro atoms. The van der Waals surface area contributed by atoms with E-state index in [0.29, 0.717) is 11.7 Å². The fourth-order valence-corrected chi connectivity index (χ4v) is 2.37. The van der Waals surface area contributed by atoms with Crippen LogP contribution in [0.5, 0.6) is 0 Å². The van der Waals surface area contributed by atoms with Gasteiger partial charge in [-0.2, -0.15) is 4.98 Å². The van der Waals surface area contributed by atoms with E-state index in [0.717, 1.165) is 19.4 Å². The second kappa shape index (κ2) is 4.86. The lowest BCUT2D eigenvalue weighted by atomic mass is 9.94. The highest BCUT2D eigenvalue weighted by atomic mass is 16.5. The highest BCUT2D eigenvalue weighted by Crippen LogP contribution is 2.35. The molecule has 0 radical (unpaired) electrons. The maximum absolute atomic E-state index is 12.5. The van der Waals surface area contributed by atoms with Gasteiger partial charge in [0.1, 0.15) is 6.04 Å². The van der Waals surface area contributed by atoms with Gasteiger partial charge in [0, 0.05) is 17.4 Å². The summed E-state index contributed by atoms with van der Waals surface area (Å²) in [5, 5.41) is 4.06. The lowest BCUT2D eigenvalue weighted by Gasteiger charge is -2.29. The lowest BCUT2D eigenvalue weighted by Crippen LogP contribution is -2.39. The number of aromatic nitrogens is 2. The maximum atomic E-state index is 12.5. The van der Waals surface area contributed by atoms with E-state index in [1.165, 1.54) is 0 Å². The van der Waals surface area contributed by atoms with Gasteiger partial charge in [-0.15, -0.1) is 0 Å². The zero-order valence-electron chi connectivity index (χ0n) is 13.4. The molecule has 1 fully saturated rings. The molecule has 112 valence electrons. The Kier molecular flexibility index (Phi) is 3.65. The van der Waals surface area contributed by atoms with Crippen LogP contribution < -0.4 is 0 Å². The molecule has 1 aromatic heterocycles. The minimum atomic E-state index is -0.379. The van der Waals surface area contributed by atoms with Crippen LogP contribution >= 0.6 is 0 Å². The van der Waals surface area contributed by atoms with E-state index in [2.05, 4.69) is 10.1 Å². The summed E-state index contributed by atoms with van der Waals surface area (Å²) < 4.78 is 5.41. The number of amides is 1. The van der Waals surface area contributed by atoms with Gasteiger partial charge in [0.05, 0.1) is 0 Å². The summed E-state index contributed by atoms with van der Waals surface area (Å²) in [5.41, 5.74) is -0.519. The topological polar surface area (TPSA) is 59.2 Å². The number of carbonyl (C=O) groups is 1. The van der Waals surface area contributed by atoms with Crippen LogP contribution in [-0.2, 0) is 10.2 Å². The van der Waals surface area contributed by atoms with Crippen molar-refractivity contribution in [3.63, 3.8) is 0 Å². The average Bonchev–Trinajstić information content (AvgIpc) is 2.94. The Morgan fingerprint density at radius 1 is 1.25 bits per heavy atom. The monoisotopic (exact) mass is 279 g/mol. The van der Waals surface area contributed by atoms with Crippen molar-refractivity contribution in [3.8, 4) is 0 Å². The normalized spacial score (nSPS) is 20.5. The van der Waals surface area contributed by atoms with Crippen LogP contribution in [0.15, 0.2) is 4.52 Å². The van der Waals surface area contributed by atoms with E-state index in [4.69, 9.17) is 4.52 Å². The Hall–Kier alpha value is -1.39. The molecular weight excluding hydrogens is 254 g/mol. The Morgan fingerprint density at radius 3 is 2.40 bits per heavy atom. The van der Waals surface area contributed by atoms with Crippen molar-refractivity contribution in [2.75, 3.05) is 6.54 Å². The maximum Gasteiger partial charge on any atom is 0.249 e. The molecule has 0 saturated carbocycles. The highest BCUT2D eigenvalue weighted by Gasteiger charge is 2.38. The molecule has 1 unspecified atom stereocenters. The van der Waals surface area contributed by atoms with Crippen molar-refractivity contribution in [2.45, 2.75) is 65.8 Å². The van der Waals surface area contributed by atoms with Gasteiger partial charge in [-0.05, 0) is 12.8 Å². The first-order chi connectivity index (χ1) is 9.10. The van der Waals surface area contributed by atoms with Gasteiger partial charge in [-0.3, -0.25) is 4.79 Å². The van der Waals surface area contributed by atoms with Gasteiger partial charge >= 0.3 is 0 Å². The van der Waals surface area contributed by atoms with E-state index in [1.807, 2.05) is 46.4 Å². The number of hydrogen-bond donors (Lipinski definition) is 0. The van der Waals surface area contributed by atoms with Crippen molar-refractivity contribution < 1.29 is 9.32 Å². The van der Waals surface area contributed by atoms with E-state index in [1.54, 1.807) is 0 Å². The van der Waals surface area contributed by atoms with Crippen LogP contribution in [0.1, 0.15) is 72.1 Å². The fraction of sp³-hybridized carbons (Fsp3) is 0.800. The molecule has 1 aromatic rings. The third-order valence-electron chi connectivity index (χ3n) is 3.55. The van der Waals surface area contributed by atoms with Gasteiger partial charge in [0.15, 0.2) is 5.82 Å². The van der Waals surface area contributed by atoms with Crippen molar-refractivity contribution in [1.82, 2.24) is 15.0 Å². The summed E-state index contributed by atoms with van der Waals surface area (Å²) in [6.45, 7) is 12.8. The first kappa shape index (κ1) is 15.0. The van der Waals surface area contributed by atoms with Crippen LogP contribution in [0.2, 0.25) is 0 Å². The second-order valence-corrected chi connectivity index (χ2v) is 7.61. The summed E-state index contributed by atoms with van der Waals surface area (Å²) in [4.78, 5) is 18.9. The molecule has 2 heterocycles. The molecule has 5 heteroatoms. The van der Waals surface area contributed by atoms with Crippen LogP contribution in [0.25, 0.3) is 0 Å². The molecule has 20 heavy (non-hydrogen) atoms. The SMILES string of the molecule is CC(C)(C)C(=O)N1CCCC1c1nc(C(C)(C)C)no1. The summed E-state index contributed by atoms with van der Waals surface area (Å²) >= 11 is 0. The number of rotatable bonds is 1. The quantitative estimate of drug-likeness (QED) is 0.792. The summed E-state index contributed by atoms with van der Waals surface area (Å²) in [5.74, 6) is 1.42. The van der Waals surface area contributed by atoms with Crippen LogP contribution in [0.4, 0.5) is 0 Å². The van der Waals surface area contributed by atoms with E-state index < -0.39 is 0 Å². The summed E-state index contributed by atoms with van der Waals surface area (Å²) in [6, 6.07) is -0.0645. The molecule has 1 saturated heterocycles. The standard InChI is InChI=1S/C15H25N3O2/c1-14(2,3)12-16-11(20-17-12)10-8-7-9-18(10)13(19)15(4,5)6/h10H,7-9H2,1-6H3. The number of hydrogen-bond acceptors (Lipinski definition) is 4. The Bertz CT molecular complexity index is 494. The second-order valence-electron chi connectivity index (χ2n) is 7.61. The molecule has 1 aliphatic rings. The third-order valence-corrected chi connectivity index (χ3v) is 3.55. The average molecular weight is 279 g/mol. The van der Waals surface area contributed by atoms with Crippen molar-refractivity contribution >= 4 is 5.91 Å². The minimum absolute atomic E-state index is 0.0645. The molecule has 1 aliphatic heterocycles. The van der Waals surface area contributed by atoms with Gasteiger partial charge in [0.2, 0.25) is 11.8 Å². The lowest BCUT2D eigenvalue weighted by molar-refractivity contribution is -0.140. The molecule has 2 rings (SSSR count). The Balaban J connectivity index is 2.24. The Labute approximate surface area is 120 Å². The van der Waals surface area contributed by atoms with E-state index in [9.17, 15) is 4.79 Å². The van der Waals surface area contributed by atoms with Gasteiger partial charge in [0.25, 0.3) is 0 Å². The minimum Gasteiger partial charge on any atom is -0.337 e. The molecule has 1 atom stereocenters. The van der Waals surface area contributed by atoms with E-state index >= 15 is 0 Å². The predicted molar refractivity (Wildman–Crippen MR) is 76.1 cm³/mol. The van der Waals surface area contributed by atoms with Gasteiger partial charge in [-0.25, -0.2) is 0 Å². The number of carbonyl (C=O) groups excluding carboxylic acids is 1. The smallest absolute Gasteiger partial charge is 0.249 e. The summed E-state index contributed by atoms with van der Waals surface area (Å²) in [6.07, 6.45) is 1.88. The summed E-state index contributed by atoms with van der Waals surface area (Å²) in [7, 11) is 0. The van der Waals surface area contributed by atoms with E-state index in [-0.39, 0.29) is 22.8 Å². The zero-order chi connectivity index (χ0) is 15.1. The highest BCUT2D eigenvalue weighted by molar-refractivity contribution is 5.82. The fourth-order valence-electron chi connectivity index (χ4n) is 2.37. The van der Waals surface area contributed by atoms with Gasteiger partial charge < -0.3 is 9.42 Å². The van der Waals surface area contributed by atoms with Crippen LogP contribution in [-0.4, -0.2) is 27.5 Å². The van der Waals surface area contributed by atoms with Crippen molar-refractivity contribution in [3.05, 3.63) is 11.7 Å². The van der Waals surface area contributed by atoms with Gasteiger partial charge in [-0.1, -0.05) is 46.7 Å². The first-order valence-electron chi connectivity index (χ1n) is 7.26. The van der Waals surface area contributed by atoms with Crippen LogP contribution in [0, 0.1) is 5.41 Å². The number of nitrogens with zero attached hydrogens (tertiary/aromatic N) is 3. The predicted octanol–water partition coefficient (Wildman–Crippen LogP) is 3.08. The van der Waals surface area contributed by atoms with Crippen molar-refractivity contribution in [2.24, 2.45) is 5.41 Å². The molecule has 5 nitrogen and oxygen atoms in total. The number of likely N-dealkylation sites (tertiary alicyclic amines) is 1. The van der Waals surface area contributed by atoms with Crippen molar-refractivity contribution in [1.29, 1.82) is 0 Å². The molecule has 0 aromatic carbocycles. The molecule has 0 N–H and O–H groups in total. The van der Waals surface area contributed by atoms with Crippen LogP contribution in [0.3, 0.4) is 0 Å². The molecule has 0 bridgehead atoms. The third kappa shape index (κ3) is 2.86.